The van der Waals surface area contributed by atoms with Gasteiger partial charge in [-0.3, -0.25) is 4.79 Å². The summed E-state index contributed by atoms with van der Waals surface area (Å²) in [6.45, 7) is 7.54. The number of hydrogen-bond donors (Lipinski definition) is 1. The number of hydrogen-bond acceptors (Lipinski definition) is 4. The number of ether oxygens (including phenoxy) is 3. The van der Waals surface area contributed by atoms with Crippen molar-refractivity contribution in [2.45, 2.75) is 64.4 Å². The number of aliphatic carboxylic acids is 1. The lowest BCUT2D eigenvalue weighted by Gasteiger charge is -2.22. The van der Waals surface area contributed by atoms with Crippen molar-refractivity contribution in [3.8, 4) is 5.75 Å². The number of carboxylic acids is 1. The smallest absolute Gasteiger partial charge is 0.306 e. The number of benzene rings is 1. The van der Waals surface area contributed by atoms with E-state index in [0.29, 0.717) is 26.4 Å². The molecular formula is C25H38O5. The minimum absolute atomic E-state index is 0.0661. The predicted octanol–water partition coefficient (Wildman–Crippen LogP) is 5.28. The van der Waals surface area contributed by atoms with Crippen LogP contribution in [0.5, 0.6) is 5.75 Å². The molecule has 0 heterocycles. The van der Waals surface area contributed by atoms with Gasteiger partial charge in [-0.15, -0.1) is 6.58 Å². The Labute approximate surface area is 181 Å². The average Bonchev–Trinajstić information content (AvgIpc) is 3.23. The van der Waals surface area contributed by atoms with Gasteiger partial charge in [0.15, 0.2) is 0 Å². The fourth-order valence-corrected chi connectivity index (χ4v) is 3.95. The summed E-state index contributed by atoms with van der Waals surface area (Å²) < 4.78 is 17.5. The van der Waals surface area contributed by atoms with Crippen LogP contribution in [0.1, 0.15) is 57.4 Å². The molecule has 1 N–H and O–H groups in total. The number of carbonyl (C=O) groups is 1. The molecule has 0 spiro atoms. The number of carboxylic acid groups (broad SMARTS) is 1. The van der Waals surface area contributed by atoms with Gasteiger partial charge in [-0.05, 0) is 49.3 Å². The second-order valence-electron chi connectivity index (χ2n) is 8.18. The Balaban J connectivity index is 1.80. The summed E-state index contributed by atoms with van der Waals surface area (Å²) in [4.78, 5) is 11.4. The van der Waals surface area contributed by atoms with Gasteiger partial charge >= 0.3 is 5.97 Å². The Morgan fingerprint density at radius 1 is 1.20 bits per heavy atom. The lowest BCUT2D eigenvalue weighted by atomic mass is 9.97. The molecule has 5 heteroatoms. The van der Waals surface area contributed by atoms with Crippen LogP contribution < -0.4 is 4.74 Å². The number of aryl methyl sites for hydroxylation is 1. The maximum Gasteiger partial charge on any atom is 0.306 e. The molecule has 5 nitrogen and oxygen atoms in total. The molecule has 2 rings (SSSR count). The van der Waals surface area contributed by atoms with Crippen molar-refractivity contribution in [1.29, 1.82) is 0 Å². The summed E-state index contributed by atoms with van der Waals surface area (Å²) in [5.41, 5.74) is 1.33. The zero-order chi connectivity index (χ0) is 21.6. The molecule has 1 aliphatic rings. The van der Waals surface area contributed by atoms with E-state index in [0.717, 1.165) is 31.4 Å². The molecule has 0 aliphatic heterocycles. The van der Waals surface area contributed by atoms with E-state index in [1.165, 1.54) is 31.2 Å². The highest BCUT2D eigenvalue weighted by molar-refractivity contribution is 5.70. The van der Waals surface area contributed by atoms with Crippen LogP contribution in [0.4, 0.5) is 0 Å². The molecule has 1 saturated carbocycles. The lowest BCUT2D eigenvalue weighted by molar-refractivity contribution is -0.144. The SMILES string of the molecule is C=CCOCC(COc1ccc(CCCCCC)cc1)OCC1CCCC1C(=O)O. The van der Waals surface area contributed by atoms with Crippen molar-refractivity contribution in [2.75, 3.05) is 26.4 Å². The fraction of sp³-hybridized carbons (Fsp3) is 0.640. The number of unbranched alkanes of at least 4 members (excludes halogenated alkanes) is 3. The molecule has 168 valence electrons. The molecule has 1 aliphatic carbocycles. The second kappa shape index (κ2) is 14.2. The van der Waals surface area contributed by atoms with E-state index in [1.807, 2.05) is 12.1 Å². The first kappa shape index (κ1) is 24.4. The van der Waals surface area contributed by atoms with E-state index < -0.39 is 5.97 Å². The van der Waals surface area contributed by atoms with Crippen LogP contribution in [0.25, 0.3) is 0 Å². The van der Waals surface area contributed by atoms with Crippen LogP contribution in [-0.4, -0.2) is 43.6 Å². The normalized spacial score (nSPS) is 19.5. The Morgan fingerprint density at radius 2 is 2.00 bits per heavy atom. The van der Waals surface area contributed by atoms with Gasteiger partial charge in [-0.2, -0.15) is 0 Å². The average molecular weight is 419 g/mol. The molecule has 1 aromatic carbocycles. The van der Waals surface area contributed by atoms with Crippen LogP contribution in [0.15, 0.2) is 36.9 Å². The Morgan fingerprint density at radius 3 is 2.70 bits per heavy atom. The largest absolute Gasteiger partial charge is 0.491 e. The molecule has 3 atom stereocenters. The maximum absolute atomic E-state index is 11.4. The zero-order valence-corrected chi connectivity index (χ0v) is 18.4. The molecule has 30 heavy (non-hydrogen) atoms. The third-order valence-electron chi connectivity index (χ3n) is 5.74. The van der Waals surface area contributed by atoms with Crippen LogP contribution >= 0.6 is 0 Å². The molecule has 3 unspecified atom stereocenters. The summed E-state index contributed by atoms with van der Waals surface area (Å²) in [5, 5.41) is 9.36. The van der Waals surface area contributed by atoms with Crippen molar-refractivity contribution in [1.82, 2.24) is 0 Å². The Hall–Kier alpha value is -1.85. The number of rotatable bonds is 16. The quantitative estimate of drug-likeness (QED) is 0.292. The van der Waals surface area contributed by atoms with Crippen molar-refractivity contribution < 1.29 is 24.1 Å². The Kier molecular flexibility index (Phi) is 11.6. The third kappa shape index (κ3) is 8.88. The van der Waals surface area contributed by atoms with Crippen LogP contribution in [0, 0.1) is 11.8 Å². The van der Waals surface area contributed by atoms with E-state index in [-0.39, 0.29) is 17.9 Å². The molecule has 0 amide bonds. The van der Waals surface area contributed by atoms with Crippen LogP contribution in [-0.2, 0) is 20.7 Å². The summed E-state index contributed by atoms with van der Waals surface area (Å²) in [6, 6.07) is 8.27. The third-order valence-corrected chi connectivity index (χ3v) is 5.74. The molecule has 0 bridgehead atoms. The minimum Gasteiger partial charge on any atom is -0.491 e. The molecular weight excluding hydrogens is 380 g/mol. The molecule has 1 aromatic rings. The molecule has 1 fully saturated rings. The Bertz CT molecular complexity index is 612. The van der Waals surface area contributed by atoms with Gasteiger partial charge in [0, 0.05) is 0 Å². The van der Waals surface area contributed by atoms with Crippen molar-refractivity contribution >= 4 is 5.97 Å². The highest BCUT2D eigenvalue weighted by atomic mass is 16.6. The predicted molar refractivity (Wildman–Crippen MR) is 119 cm³/mol. The highest BCUT2D eigenvalue weighted by Gasteiger charge is 2.33. The first-order chi connectivity index (χ1) is 14.6. The van der Waals surface area contributed by atoms with E-state index in [4.69, 9.17) is 14.2 Å². The van der Waals surface area contributed by atoms with E-state index >= 15 is 0 Å². The highest BCUT2D eigenvalue weighted by Crippen LogP contribution is 2.32. The monoisotopic (exact) mass is 418 g/mol. The van der Waals surface area contributed by atoms with Crippen LogP contribution in [0.3, 0.4) is 0 Å². The van der Waals surface area contributed by atoms with Gasteiger partial charge in [-0.1, -0.05) is 50.8 Å². The molecule has 0 radical (unpaired) electrons. The summed E-state index contributed by atoms with van der Waals surface area (Å²) in [5.74, 6) is -0.137. The van der Waals surface area contributed by atoms with Gasteiger partial charge in [0.05, 0.1) is 25.7 Å². The lowest BCUT2D eigenvalue weighted by Crippen LogP contribution is -2.31. The summed E-state index contributed by atoms with van der Waals surface area (Å²) in [7, 11) is 0. The van der Waals surface area contributed by atoms with E-state index in [1.54, 1.807) is 6.08 Å². The maximum atomic E-state index is 11.4. The van der Waals surface area contributed by atoms with Crippen molar-refractivity contribution in [2.24, 2.45) is 11.8 Å². The van der Waals surface area contributed by atoms with Gasteiger partial charge in [-0.25, -0.2) is 0 Å². The zero-order valence-electron chi connectivity index (χ0n) is 18.4. The first-order valence-corrected chi connectivity index (χ1v) is 11.4. The molecule has 0 aromatic heterocycles. The topological polar surface area (TPSA) is 65.0 Å². The van der Waals surface area contributed by atoms with Crippen molar-refractivity contribution in [3.05, 3.63) is 42.5 Å². The standard InChI is InChI=1S/C25H38O5/c1-3-5-6-7-9-20-12-14-22(15-13-20)30-19-23(18-28-16-4-2)29-17-21-10-8-11-24(21)25(26)27/h4,12-15,21,23-24H,2-3,5-11,16-19H2,1H3,(H,26,27). The van der Waals surface area contributed by atoms with Gasteiger partial charge in [0.2, 0.25) is 0 Å². The summed E-state index contributed by atoms with van der Waals surface area (Å²) >= 11 is 0. The van der Waals surface area contributed by atoms with Gasteiger partial charge in [0.25, 0.3) is 0 Å². The second-order valence-corrected chi connectivity index (χ2v) is 8.18. The summed E-state index contributed by atoms with van der Waals surface area (Å²) in [6.07, 6.45) is 10.2. The van der Waals surface area contributed by atoms with Gasteiger partial charge in [0.1, 0.15) is 18.5 Å². The first-order valence-electron chi connectivity index (χ1n) is 11.4. The van der Waals surface area contributed by atoms with E-state index in [2.05, 4.69) is 25.6 Å². The van der Waals surface area contributed by atoms with Crippen LogP contribution in [0.2, 0.25) is 0 Å². The van der Waals surface area contributed by atoms with Gasteiger partial charge < -0.3 is 19.3 Å². The molecule has 0 saturated heterocycles. The fourth-order valence-electron chi connectivity index (χ4n) is 3.95. The minimum atomic E-state index is -0.716. The van der Waals surface area contributed by atoms with Crippen molar-refractivity contribution in [3.63, 3.8) is 0 Å². The van der Waals surface area contributed by atoms with E-state index in [9.17, 15) is 9.90 Å².